The van der Waals surface area contributed by atoms with Crippen LogP contribution in [0, 0.1) is 12.8 Å². The van der Waals surface area contributed by atoms with E-state index < -0.39 is 13.4 Å². The minimum absolute atomic E-state index is 0.344. The van der Waals surface area contributed by atoms with Crippen molar-refractivity contribution < 1.29 is 14.4 Å². The lowest BCUT2D eigenvalue weighted by Gasteiger charge is -2.28. The van der Waals surface area contributed by atoms with Crippen LogP contribution in [-0.4, -0.2) is 25.5 Å². The smallest absolute Gasteiger partial charge is 0.347 e. The largest absolute Gasteiger partial charge is 0.356 e. The van der Waals surface area contributed by atoms with Gasteiger partial charge in [-0.15, -0.1) is 11.3 Å². The van der Waals surface area contributed by atoms with Gasteiger partial charge < -0.3 is 15.1 Å². The Morgan fingerprint density at radius 1 is 1.17 bits per heavy atom. The van der Waals surface area contributed by atoms with Crippen molar-refractivity contribution in [2.75, 3.05) is 5.32 Å². The van der Waals surface area contributed by atoms with E-state index in [1.165, 1.54) is 18.3 Å². The molecule has 1 aromatic carbocycles. The zero-order valence-electron chi connectivity index (χ0n) is 16.4. The second-order valence-corrected chi connectivity index (χ2v) is 10.7. The predicted molar refractivity (Wildman–Crippen MR) is 118 cm³/mol. The van der Waals surface area contributed by atoms with Gasteiger partial charge in [-0.25, -0.2) is 9.97 Å². The van der Waals surface area contributed by atoms with Crippen molar-refractivity contribution in [1.82, 2.24) is 9.97 Å². The number of anilines is 1. The normalized spacial score (nSPS) is 16.8. The molecule has 6 nitrogen and oxygen atoms in total. The lowest BCUT2D eigenvalue weighted by atomic mass is 9.87. The maximum absolute atomic E-state index is 12.2. The third-order valence-corrected chi connectivity index (χ3v) is 7.90. The molecule has 1 fully saturated rings. The van der Waals surface area contributed by atoms with Gasteiger partial charge in [0, 0.05) is 4.88 Å². The maximum atomic E-state index is 12.2. The molecule has 0 spiro atoms. The summed E-state index contributed by atoms with van der Waals surface area (Å²) in [6.45, 7) is 2.05. The summed E-state index contributed by atoms with van der Waals surface area (Å²) in [6.07, 6.45) is 7.48. The van der Waals surface area contributed by atoms with Crippen molar-refractivity contribution in [3.05, 3.63) is 42.2 Å². The van der Waals surface area contributed by atoms with Crippen LogP contribution in [0.1, 0.15) is 44.1 Å². The first-order chi connectivity index (χ1) is 13.9. The number of fused-ring (bicyclic) bond motifs is 1. The Kier molecular flexibility index (Phi) is 6.02. The van der Waals surface area contributed by atoms with E-state index in [0.29, 0.717) is 18.2 Å². The molecule has 1 saturated carbocycles. The molecule has 154 valence electrons. The quantitative estimate of drug-likeness (QED) is 0.443. The van der Waals surface area contributed by atoms with E-state index in [1.807, 2.05) is 6.07 Å². The molecule has 8 heteroatoms. The van der Waals surface area contributed by atoms with Gasteiger partial charge >= 0.3 is 7.60 Å². The summed E-state index contributed by atoms with van der Waals surface area (Å²) in [5.74, 6) is -0.0861. The zero-order valence-corrected chi connectivity index (χ0v) is 18.1. The highest BCUT2D eigenvalue weighted by molar-refractivity contribution is 7.52. The summed E-state index contributed by atoms with van der Waals surface area (Å²) in [5, 5.41) is 3.88. The van der Waals surface area contributed by atoms with Crippen molar-refractivity contribution in [2.24, 2.45) is 5.92 Å². The van der Waals surface area contributed by atoms with E-state index in [4.69, 9.17) is 0 Å². The van der Waals surface area contributed by atoms with Crippen LogP contribution in [0.2, 0.25) is 0 Å². The number of thiophene rings is 1. The van der Waals surface area contributed by atoms with Crippen molar-refractivity contribution in [2.45, 2.75) is 51.2 Å². The van der Waals surface area contributed by atoms with Crippen LogP contribution in [0.15, 0.2) is 36.7 Å². The van der Waals surface area contributed by atoms with Gasteiger partial charge in [-0.1, -0.05) is 61.9 Å². The molecule has 1 unspecified atom stereocenters. The number of rotatable bonds is 6. The van der Waals surface area contributed by atoms with Gasteiger partial charge in [0.2, 0.25) is 0 Å². The number of hydrogen-bond donors (Lipinski definition) is 3. The number of aromatic nitrogens is 2. The highest BCUT2D eigenvalue weighted by Crippen LogP contribution is 2.47. The fourth-order valence-electron chi connectivity index (χ4n) is 4.01. The molecule has 0 bridgehead atoms. The van der Waals surface area contributed by atoms with Crippen LogP contribution < -0.4 is 5.32 Å². The molecule has 0 saturated heterocycles. The van der Waals surface area contributed by atoms with Crippen LogP contribution in [0.25, 0.3) is 20.7 Å². The van der Waals surface area contributed by atoms with Gasteiger partial charge in [0.05, 0.1) is 5.39 Å². The molecular formula is C21H26N3O3PS. The van der Waals surface area contributed by atoms with Crippen LogP contribution in [0.5, 0.6) is 0 Å². The van der Waals surface area contributed by atoms with Crippen molar-refractivity contribution in [3.8, 4) is 10.4 Å². The van der Waals surface area contributed by atoms with Crippen molar-refractivity contribution in [3.63, 3.8) is 0 Å². The zero-order chi connectivity index (χ0) is 20.4. The first-order valence-corrected chi connectivity index (χ1v) is 12.5. The fraction of sp³-hybridized carbons (Fsp3) is 0.429. The minimum Gasteiger partial charge on any atom is -0.356 e. The maximum Gasteiger partial charge on any atom is 0.347 e. The lowest BCUT2D eigenvalue weighted by Crippen LogP contribution is -2.25. The molecule has 2 heterocycles. The summed E-state index contributed by atoms with van der Waals surface area (Å²) < 4.78 is 12.2. The average Bonchev–Trinajstić information content (AvgIpc) is 3.13. The summed E-state index contributed by atoms with van der Waals surface area (Å²) >= 11 is 1.56. The molecule has 3 aromatic rings. The third kappa shape index (κ3) is 4.86. The summed E-state index contributed by atoms with van der Waals surface area (Å²) in [4.78, 5) is 30.5. The molecule has 0 amide bonds. The second-order valence-electron chi connectivity index (χ2n) is 7.91. The fourth-order valence-corrected chi connectivity index (χ4v) is 5.88. The molecule has 1 atom stereocenters. The summed E-state index contributed by atoms with van der Waals surface area (Å²) in [6, 6.07) is 10.3. The molecule has 0 radical (unpaired) electrons. The second kappa shape index (κ2) is 8.52. The van der Waals surface area contributed by atoms with E-state index in [2.05, 4.69) is 46.5 Å². The van der Waals surface area contributed by atoms with Gasteiger partial charge in [-0.05, 0) is 30.9 Å². The average molecular weight is 431 g/mol. The van der Waals surface area contributed by atoms with E-state index in [1.54, 1.807) is 11.3 Å². The van der Waals surface area contributed by atoms with Gasteiger partial charge in [0.25, 0.3) is 0 Å². The molecule has 4 rings (SSSR count). The molecule has 1 aliphatic rings. The number of hydrogen-bond acceptors (Lipinski definition) is 5. The first kappa shape index (κ1) is 20.5. The Morgan fingerprint density at radius 3 is 2.59 bits per heavy atom. The lowest BCUT2D eigenvalue weighted by molar-refractivity contribution is 0.311. The number of aryl methyl sites for hydroxylation is 1. The third-order valence-electron chi connectivity index (χ3n) is 5.66. The summed E-state index contributed by atoms with van der Waals surface area (Å²) in [7, 11) is -4.31. The Bertz CT molecular complexity index is 1030. The molecule has 2 aromatic heterocycles. The van der Waals surface area contributed by atoms with Gasteiger partial charge in [-0.2, -0.15) is 0 Å². The Balaban J connectivity index is 1.63. The van der Waals surface area contributed by atoms with Gasteiger partial charge in [0.15, 0.2) is 0 Å². The van der Waals surface area contributed by atoms with Crippen molar-refractivity contribution >= 4 is 35.0 Å². The molecule has 1 aliphatic carbocycles. The monoisotopic (exact) mass is 431 g/mol. The van der Waals surface area contributed by atoms with E-state index in [-0.39, 0.29) is 0 Å². The summed E-state index contributed by atoms with van der Waals surface area (Å²) in [5.41, 5.74) is 2.29. The molecule has 0 aliphatic heterocycles. The van der Waals surface area contributed by atoms with E-state index in [0.717, 1.165) is 46.3 Å². The molecule has 29 heavy (non-hydrogen) atoms. The van der Waals surface area contributed by atoms with Crippen LogP contribution in [-0.2, 0) is 4.57 Å². The molecule has 3 N–H and O–H groups in total. The first-order valence-electron chi connectivity index (χ1n) is 10.0. The van der Waals surface area contributed by atoms with Gasteiger partial charge in [-0.3, -0.25) is 4.57 Å². The van der Waals surface area contributed by atoms with Gasteiger partial charge in [0.1, 0.15) is 22.8 Å². The number of nitrogens with one attached hydrogen (secondary N) is 1. The Hall–Kier alpha value is -1.79. The minimum atomic E-state index is -4.31. The SMILES string of the molecule is Cc1ccc(-c2cc3c(NC(CC4CCCCC4)P(=O)(O)O)ncnc3s2)cc1. The van der Waals surface area contributed by atoms with Crippen LogP contribution in [0.3, 0.4) is 0 Å². The van der Waals surface area contributed by atoms with E-state index >= 15 is 0 Å². The Morgan fingerprint density at radius 2 is 1.90 bits per heavy atom. The predicted octanol–water partition coefficient (Wildman–Crippen LogP) is 5.55. The van der Waals surface area contributed by atoms with Crippen LogP contribution in [0.4, 0.5) is 5.82 Å². The highest BCUT2D eigenvalue weighted by Gasteiger charge is 2.32. The Labute approximate surface area is 174 Å². The number of nitrogens with zero attached hydrogens (tertiary/aromatic N) is 2. The molecular weight excluding hydrogens is 405 g/mol. The number of benzene rings is 1. The van der Waals surface area contributed by atoms with Crippen molar-refractivity contribution in [1.29, 1.82) is 0 Å². The topological polar surface area (TPSA) is 95.3 Å². The highest BCUT2D eigenvalue weighted by atomic mass is 32.1. The standard InChI is InChI=1S/C21H26N3O3PS/c1-14-7-9-16(10-8-14)18-12-17-20(22-13-23-21(17)29-18)24-19(28(25,26)27)11-15-5-3-2-4-6-15/h7-10,12-13,15,19H,2-6,11H2,1H3,(H,22,23,24)(H2,25,26,27). The van der Waals surface area contributed by atoms with Crippen LogP contribution >= 0.6 is 18.9 Å². The van der Waals surface area contributed by atoms with E-state index in [9.17, 15) is 14.4 Å².